The Balaban J connectivity index is 1.87. The number of imidazole rings is 1. The Kier molecular flexibility index (Phi) is 6.33. The van der Waals surface area contributed by atoms with Gasteiger partial charge in [-0.05, 0) is 50.7 Å². The van der Waals surface area contributed by atoms with Crippen LogP contribution in [-0.2, 0) is 10.5 Å². The molecule has 3 aromatic heterocycles. The summed E-state index contributed by atoms with van der Waals surface area (Å²) in [6.07, 6.45) is 1.56. The van der Waals surface area contributed by atoms with Gasteiger partial charge in [0.05, 0.1) is 21.5 Å². The van der Waals surface area contributed by atoms with E-state index in [9.17, 15) is 15.0 Å². The lowest BCUT2D eigenvalue weighted by molar-refractivity contribution is -0.189. The standard InChI is InChI=1S/C23H27ClN6O3S/c1-12(2)27-19-18-20(29-16(28-19)9-7-14-6-8-15(24)34-14)30(11-26-18)23(33)10-13(3)17(21(31)25-5)22(23,4)32/h6,8,11-13,17,32-33H,10H2,1-5H3,(H,25,31)(H,27,28,29)/t13-,17-,22+,23+/m1/s1. The third-order valence-corrected chi connectivity index (χ3v) is 7.36. The van der Waals surface area contributed by atoms with Gasteiger partial charge in [0.1, 0.15) is 5.60 Å². The molecule has 11 heteroatoms. The fraction of sp³-hybridized carbons (Fsp3) is 0.478. The van der Waals surface area contributed by atoms with E-state index in [2.05, 4.69) is 37.4 Å². The molecule has 3 aromatic rings. The molecule has 0 saturated heterocycles. The lowest BCUT2D eigenvalue weighted by Crippen LogP contribution is -2.55. The SMILES string of the molecule is CNC(=O)[C@H]1[C@H](C)C[C@@](O)(n2cnc3c(NC(C)C)nc(C#Cc4ccc(Cl)s4)nc32)[C@@]1(C)O. The molecule has 0 aromatic carbocycles. The number of hydrogen-bond donors (Lipinski definition) is 4. The molecule has 4 rings (SSSR count). The van der Waals surface area contributed by atoms with Crippen LogP contribution in [0.1, 0.15) is 44.8 Å². The van der Waals surface area contributed by atoms with E-state index in [-0.39, 0.29) is 30.1 Å². The Bertz CT molecular complexity index is 1310. The molecule has 1 aliphatic rings. The van der Waals surface area contributed by atoms with Crippen LogP contribution in [0.25, 0.3) is 11.2 Å². The van der Waals surface area contributed by atoms with Gasteiger partial charge in [-0.25, -0.2) is 15.0 Å². The van der Waals surface area contributed by atoms with Crippen molar-refractivity contribution in [1.82, 2.24) is 24.8 Å². The highest BCUT2D eigenvalue weighted by molar-refractivity contribution is 7.16. The third-order valence-electron chi connectivity index (χ3n) is 6.21. The highest BCUT2D eigenvalue weighted by atomic mass is 35.5. The number of fused-ring (bicyclic) bond motifs is 1. The number of nitrogens with one attached hydrogen (secondary N) is 2. The number of halogens is 1. The van der Waals surface area contributed by atoms with Gasteiger partial charge in [0.25, 0.3) is 0 Å². The van der Waals surface area contributed by atoms with Gasteiger partial charge >= 0.3 is 0 Å². The van der Waals surface area contributed by atoms with Gasteiger partial charge in [-0.2, -0.15) is 0 Å². The van der Waals surface area contributed by atoms with E-state index in [1.165, 1.54) is 36.2 Å². The molecule has 180 valence electrons. The predicted molar refractivity (Wildman–Crippen MR) is 132 cm³/mol. The first-order valence-electron chi connectivity index (χ1n) is 10.9. The largest absolute Gasteiger partial charge is 0.384 e. The number of nitrogens with zero attached hydrogens (tertiary/aromatic N) is 4. The van der Waals surface area contributed by atoms with Crippen LogP contribution in [0.4, 0.5) is 5.82 Å². The van der Waals surface area contributed by atoms with Crippen molar-refractivity contribution in [3.05, 3.63) is 33.5 Å². The first-order valence-corrected chi connectivity index (χ1v) is 12.1. The van der Waals surface area contributed by atoms with E-state index >= 15 is 0 Å². The van der Waals surface area contributed by atoms with Crippen LogP contribution in [0.3, 0.4) is 0 Å². The van der Waals surface area contributed by atoms with Crippen molar-refractivity contribution < 1.29 is 15.0 Å². The first-order chi connectivity index (χ1) is 16.0. The number of aliphatic hydroxyl groups is 2. The summed E-state index contributed by atoms with van der Waals surface area (Å²) in [6, 6.07) is 3.63. The zero-order valence-corrected chi connectivity index (χ0v) is 21.1. The normalized spacial score (nSPS) is 26.5. The summed E-state index contributed by atoms with van der Waals surface area (Å²) >= 11 is 7.35. The molecule has 3 heterocycles. The van der Waals surface area contributed by atoms with Crippen molar-refractivity contribution in [1.29, 1.82) is 0 Å². The Morgan fingerprint density at radius 1 is 1.32 bits per heavy atom. The molecule has 1 fully saturated rings. The summed E-state index contributed by atoms with van der Waals surface area (Å²) in [5, 5.41) is 29.1. The monoisotopic (exact) mass is 502 g/mol. The van der Waals surface area contributed by atoms with E-state index in [1.54, 1.807) is 6.07 Å². The van der Waals surface area contributed by atoms with E-state index < -0.39 is 17.2 Å². The van der Waals surface area contributed by atoms with Crippen LogP contribution in [0.2, 0.25) is 4.34 Å². The number of amides is 1. The summed E-state index contributed by atoms with van der Waals surface area (Å²) in [5.41, 5.74) is -2.87. The maximum absolute atomic E-state index is 12.5. The van der Waals surface area contributed by atoms with Crippen molar-refractivity contribution in [2.75, 3.05) is 12.4 Å². The van der Waals surface area contributed by atoms with E-state index in [0.717, 1.165) is 4.88 Å². The van der Waals surface area contributed by atoms with Gasteiger partial charge in [-0.1, -0.05) is 18.5 Å². The van der Waals surface area contributed by atoms with Gasteiger partial charge in [-0.15, -0.1) is 11.3 Å². The zero-order valence-electron chi connectivity index (χ0n) is 19.5. The number of anilines is 1. The van der Waals surface area contributed by atoms with E-state index in [0.29, 0.717) is 21.3 Å². The molecule has 1 amide bonds. The predicted octanol–water partition coefficient (Wildman–Crippen LogP) is 2.56. The average molecular weight is 503 g/mol. The molecule has 4 N–H and O–H groups in total. The smallest absolute Gasteiger partial charge is 0.226 e. The molecule has 0 unspecified atom stereocenters. The van der Waals surface area contributed by atoms with Gasteiger partial charge in [0.15, 0.2) is 22.7 Å². The number of rotatable bonds is 4. The summed E-state index contributed by atoms with van der Waals surface area (Å²) in [5.74, 6) is 5.19. The molecule has 9 nitrogen and oxygen atoms in total. The van der Waals surface area contributed by atoms with E-state index in [4.69, 9.17) is 11.6 Å². The molecule has 34 heavy (non-hydrogen) atoms. The van der Waals surface area contributed by atoms with Crippen molar-refractivity contribution in [2.45, 2.75) is 51.5 Å². The molecule has 4 atom stereocenters. The maximum Gasteiger partial charge on any atom is 0.226 e. The minimum atomic E-state index is -1.83. The van der Waals surface area contributed by atoms with Gasteiger partial charge in [0, 0.05) is 19.5 Å². The maximum atomic E-state index is 12.5. The molecular weight excluding hydrogens is 476 g/mol. The van der Waals surface area contributed by atoms with Crippen molar-refractivity contribution in [2.24, 2.45) is 11.8 Å². The van der Waals surface area contributed by atoms with Crippen LogP contribution in [0.5, 0.6) is 0 Å². The Hall–Kier alpha value is -2.71. The Morgan fingerprint density at radius 3 is 2.68 bits per heavy atom. The summed E-state index contributed by atoms with van der Waals surface area (Å²) < 4.78 is 2.06. The fourth-order valence-corrected chi connectivity index (χ4v) is 5.58. The molecule has 0 radical (unpaired) electrons. The quantitative estimate of drug-likeness (QED) is 0.404. The summed E-state index contributed by atoms with van der Waals surface area (Å²) in [6.45, 7) is 7.23. The Morgan fingerprint density at radius 2 is 2.06 bits per heavy atom. The molecular formula is C23H27ClN6O3S. The molecule has 1 saturated carbocycles. The summed E-state index contributed by atoms with van der Waals surface area (Å²) in [4.78, 5) is 26.8. The van der Waals surface area contributed by atoms with Gasteiger partial charge in [0.2, 0.25) is 11.7 Å². The molecule has 0 spiro atoms. The highest BCUT2D eigenvalue weighted by Crippen LogP contribution is 2.51. The average Bonchev–Trinajstić information content (AvgIpc) is 3.41. The first kappa shape index (κ1) is 24.4. The van der Waals surface area contributed by atoms with Crippen molar-refractivity contribution in [3.63, 3.8) is 0 Å². The third kappa shape index (κ3) is 4.03. The minimum absolute atomic E-state index is 0.0514. The zero-order chi connectivity index (χ0) is 24.8. The lowest BCUT2D eigenvalue weighted by Gasteiger charge is -2.38. The number of thiophene rings is 1. The highest BCUT2D eigenvalue weighted by Gasteiger charge is 2.63. The Labute approximate surface area is 206 Å². The molecule has 0 bridgehead atoms. The van der Waals surface area contributed by atoms with Crippen LogP contribution in [-0.4, -0.2) is 54.3 Å². The summed E-state index contributed by atoms with van der Waals surface area (Å²) in [7, 11) is 1.51. The second-order valence-electron chi connectivity index (χ2n) is 9.07. The van der Waals surface area contributed by atoms with Crippen molar-refractivity contribution >= 4 is 45.8 Å². The minimum Gasteiger partial charge on any atom is -0.384 e. The van der Waals surface area contributed by atoms with Crippen LogP contribution in [0.15, 0.2) is 18.5 Å². The van der Waals surface area contributed by atoms with Crippen molar-refractivity contribution in [3.8, 4) is 11.8 Å². The van der Waals surface area contributed by atoms with Crippen LogP contribution < -0.4 is 10.6 Å². The second-order valence-corrected chi connectivity index (χ2v) is 10.8. The molecule has 0 aliphatic heterocycles. The topological polar surface area (TPSA) is 125 Å². The second kappa shape index (κ2) is 8.82. The number of carbonyl (C=O) groups is 1. The van der Waals surface area contributed by atoms with Gasteiger partial charge in [-0.3, -0.25) is 9.36 Å². The van der Waals surface area contributed by atoms with Gasteiger partial charge < -0.3 is 20.8 Å². The van der Waals surface area contributed by atoms with E-state index in [1.807, 2.05) is 26.8 Å². The fourth-order valence-electron chi connectivity index (χ4n) is 4.69. The van der Waals surface area contributed by atoms with Crippen LogP contribution in [0, 0.1) is 23.7 Å². The number of aromatic nitrogens is 4. The number of hydrogen-bond acceptors (Lipinski definition) is 8. The molecule has 1 aliphatic carbocycles. The van der Waals surface area contributed by atoms with Crippen LogP contribution >= 0.6 is 22.9 Å². The lowest BCUT2D eigenvalue weighted by atomic mass is 9.84. The number of carbonyl (C=O) groups excluding carboxylic acids is 1.